The van der Waals surface area contributed by atoms with E-state index in [4.69, 9.17) is 9.26 Å². The maximum absolute atomic E-state index is 12.9. The molecule has 3 heterocycles. The van der Waals surface area contributed by atoms with Gasteiger partial charge in [-0.05, 0) is 43.2 Å². The summed E-state index contributed by atoms with van der Waals surface area (Å²) in [5.74, 6) is 1.06. The topological polar surface area (TPSA) is 93.0 Å². The third kappa shape index (κ3) is 3.79. The summed E-state index contributed by atoms with van der Waals surface area (Å²) in [5, 5.41) is 3.73. The van der Waals surface area contributed by atoms with E-state index >= 15 is 0 Å². The van der Waals surface area contributed by atoms with Crippen molar-refractivity contribution in [2.75, 3.05) is 32.8 Å². The third-order valence-electron chi connectivity index (χ3n) is 5.25. The van der Waals surface area contributed by atoms with Gasteiger partial charge in [-0.15, -0.1) is 0 Å². The molecule has 0 radical (unpaired) electrons. The molecule has 0 N–H and O–H groups in total. The molecule has 0 unspecified atom stereocenters. The van der Waals surface area contributed by atoms with Gasteiger partial charge in [0, 0.05) is 38.7 Å². The van der Waals surface area contributed by atoms with E-state index in [1.54, 1.807) is 24.8 Å². The highest BCUT2D eigenvalue weighted by atomic mass is 32.2. The van der Waals surface area contributed by atoms with Crippen molar-refractivity contribution < 1.29 is 22.5 Å². The molecule has 1 saturated heterocycles. The van der Waals surface area contributed by atoms with Crippen LogP contribution >= 0.6 is 0 Å². The number of benzene rings is 1. The van der Waals surface area contributed by atoms with Crippen LogP contribution in [0.25, 0.3) is 6.08 Å². The number of ether oxygens (including phenoxy) is 1. The van der Waals surface area contributed by atoms with Gasteiger partial charge in [-0.2, -0.15) is 4.31 Å². The van der Waals surface area contributed by atoms with Crippen LogP contribution in [0.1, 0.15) is 22.6 Å². The Morgan fingerprint density at radius 1 is 1.17 bits per heavy atom. The number of nitrogens with zero attached hydrogens (tertiary/aromatic N) is 3. The van der Waals surface area contributed by atoms with Gasteiger partial charge >= 0.3 is 0 Å². The van der Waals surface area contributed by atoms with Crippen molar-refractivity contribution in [3.8, 4) is 5.75 Å². The second-order valence-electron chi connectivity index (χ2n) is 7.18. The highest BCUT2D eigenvalue weighted by Crippen LogP contribution is 2.27. The Labute approximate surface area is 169 Å². The summed E-state index contributed by atoms with van der Waals surface area (Å²) in [7, 11) is -3.68. The minimum Gasteiger partial charge on any atom is -0.493 e. The Hall–Kier alpha value is -2.65. The van der Waals surface area contributed by atoms with E-state index in [-0.39, 0.29) is 29.7 Å². The number of hydrogen-bond donors (Lipinski definition) is 0. The zero-order chi connectivity index (χ0) is 20.6. The van der Waals surface area contributed by atoms with Crippen molar-refractivity contribution in [1.29, 1.82) is 0 Å². The molecule has 0 bridgehead atoms. The standard InChI is InChI=1S/C20H23N3O5S/c1-14-20(15(2)28-21-14)29(25,26)23-10-8-22(9-11-23)19(24)6-4-16-3-5-18-17(13-16)7-12-27-18/h3-6,13H,7-12H2,1-2H3/b6-4+. The van der Waals surface area contributed by atoms with Crippen LogP contribution in [-0.2, 0) is 21.2 Å². The summed E-state index contributed by atoms with van der Waals surface area (Å²) >= 11 is 0. The monoisotopic (exact) mass is 417 g/mol. The molecule has 154 valence electrons. The maximum atomic E-state index is 12.9. The van der Waals surface area contributed by atoms with Crippen LogP contribution in [0, 0.1) is 13.8 Å². The first-order valence-electron chi connectivity index (χ1n) is 9.52. The molecule has 0 atom stereocenters. The number of amides is 1. The van der Waals surface area contributed by atoms with Gasteiger partial charge in [0.15, 0.2) is 5.76 Å². The van der Waals surface area contributed by atoms with Crippen molar-refractivity contribution in [2.45, 2.75) is 25.2 Å². The molecule has 4 rings (SSSR count). The molecular formula is C20H23N3O5S. The lowest BCUT2D eigenvalue weighted by Crippen LogP contribution is -2.50. The van der Waals surface area contributed by atoms with Crippen LogP contribution in [0.3, 0.4) is 0 Å². The minimum atomic E-state index is -3.68. The van der Waals surface area contributed by atoms with Gasteiger partial charge in [-0.3, -0.25) is 4.79 Å². The van der Waals surface area contributed by atoms with Crippen molar-refractivity contribution in [1.82, 2.24) is 14.4 Å². The molecule has 29 heavy (non-hydrogen) atoms. The average Bonchev–Trinajstić information content (AvgIpc) is 3.31. The number of aromatic nitrogens is 1. The summed E-state index contributed by atoms with van der Waals surface area (Å²) in [6.07, 6.45) is 4.20. The molecule has 2 aromatic rings. The highest BCUT2D eigenvalue weighted by molar-refractivity contribution is 7.89. The van der Waals surface area contributed by atoms with Crippen LogP contribution in [0.2, 0.25) is 0 Å². The first-order chi connectivity index (χ1) is 13.9. The molecule has 2 aliphatic heterocycles. The molecule has 9 heteroatoms. The number of carbonyl (C=O) groups excluding carboxylic acids is 1. The van der Waals surface area contributed by atoms with Crippen LogP contribution in [-0.4, -0.2) is 61.5 Å². The Morgan fingerprint density at radius 2 is 1.93 bits per heavy atom. The van der Waals surface area contributed by atoms with Crippen LogP contribution in [0.15, 0.2) is 33.7 Å². The van der Waals surface area contributed by atoms with Crippen molar-refractivity contribution in [3.63, 3.8) is 0 Å². The second kappa shape index (κ2) is 7.64. The van der Waals surface area contributed by atoms with E-state index in [1.165, 1.54) is 10.4 Å². The normalized spacial score (nSPS) is 17.5. The number of rotatable bonds is 4. The molecule has 0 spiro atoms. The number of aryl methyl sites for hydroxylation is 2. The molecular weight excluding hydrogens is 394 g/mol. The smallest absolute Gasteiger partial charge is 0.248 e. The fraction of sp³-hybridized carbons (Fsp3) is 0.400. The number of piperazine rings is 1. The first-order valence-corrected chi connectivity index (χ1v) is 11.0. The van der Waals surface area contributed by atoms with Crippen molar-refractivity contribution in [2.24, 2.45) is 0 Å². The molecule has 0 aliphatic carbocycles. The largest absolute Gasteiger partial charge is 0.493 e. The van der Waals surface area contributed by atoms with E-state index in [0.29, 0.717) is 25.4 Å². The Bertz CT molecular complexity index is 1050. The van der Waals surface area contributed by atoms with E-state index < -0.39 is 10.0 Å². The number of sulfonamides is 1. The van der Waals surface area contributed by atoms with Crippen molar-refractivity contribution in [3.05, 3.63) is 46.9 Å². The lowest BCUT2D eigenvalue weighted by atomic mass is 10.1. The Kier molecular flexibility index (Phi) is 5.18. The SMILES string of the molecule is Cc1noc(C)c1S(=O)(=O)N1CCN(C(=O)/C=C/c2ccc3c(c2)CCO3)CC1. The zero-order valence-corrected chi connectivity index (χ0v) is 17.2. The van der Waals surface area contributed by atoms with E-state index in [2.05, 4.69) is 5.16 Å². The Morgan fingerprint density at radius 3 is 2.62 bits per heavy atom. The van der Waals surface area contributed by atoms with Crippen LogP contribution in [0.4, 0.5) is 0 Å². The summed E-state index contributed by atoms with van der Waals surface area (Å²) in [4.78, 5) is 14.3. The summed E-state index contributed by atoms with van der Waals surface area (Å²) in [5.41, 5.74) is 2.45. The first kappa shape index (κ1) is 19.7. The fourth-order valence-corrected chi connectivity index (χ4v) is 5.42. The van der Waals surface area contributed by atoms with Gasteiger partial charge in [0.25, 0.3) is 0 Å². The number of hydrogen-bond acceptors (Lipinski definition) is 6. The van der Waals surface area contributed by atoms with E-state index in [0.717, 1.165) is 23.3 Å². The Balaban J connectivity index is 1.38. The molecule has 1 amide bonds. The second-order valence-corrected chi connectivity index (χ2v) is 9.06. The lowest BCUT2D eigenvalue weighted by molar-refractivity contribution is -0.127. The van der Waals surface area contributed by atoms with Gasteiger partial charge in [-0.1, -0.05) is 11.2 Å². The van der Waals surface area contributed by atoms with Gasteiger partial charge in [0.2, 0.25) is 15.9 Å². The van der Waals surface area contributed by atoms with Gasteiger partial charge in [0.1, 0.15) is 16.3 Å². The van der Waals surface area contributed by atoms with Crippen LogP contribution in [0.5, 0.6) is 5.75 Å². The number of carbonyl (C=O) groups is 1. The third-order valence-corrected chi connectivity index (χ3v) is 7.39. The van der Waals surface area contributed by atoms with E-state index in [1.807, 2.05) is 18.2 Å². The maximum Gasteiger partial charge on any atom is 0.248 e. The minimum absolute atomic E-state index is 0.123. The highest BCUT2D eigenvalue weighted by Gasteiger charge is 2.33. The van der Waals surface area contributed by atoms with E-state index in [9.17, 15) is 13.2 Å². The average molecular weight is 417 g/mol. The predicted octanol–water partition coefficient (Wildman–Crippen LogP) is 1.77. The summed E-state index contributed by atoms with van der Waals surface area (Å²) in [6, 6.07) is 5.87. The quantitative estimate of drug-likeness (QED) is 0.704. The zero-order valence-electron chi connectivity index (χ0n) is 16.4. The van der Waals surface area contributed by atoms with Gasteiger partial charge < -0.3 is 14.2 Å². The van der Waals surface area contributed by atoms with Gasteiger partial charge in [-0.25, -0.2) is 8.42 Å². The van der Waals surface area contributed by atoms with Crippen molar-refractivity contribution >= 4 is 22.0 Å². The fourth-order valence-electron chi connectivity index (χ4n) is 3.70. The summed E-state index contributed by atoms with van der Waals surface area (Å²) < 4.78 is 37.6. The number of fused-ring (bicyclic) bond motifs is 1. The van der Waals surface area contributed by atoms with Crippen LogP contribution < -0.4 is 4.74 Å². The lowest BCUT2D eigenvalue weighted by Gasteiger charge is -2.33. The molecule has 0 saturated carbocycles. The summed E-state index contributed by atoms with van der Waals surface area (Å²) in [6.45, 7) is 5.04. The predicted molar refractivity (Wildman–Crippen MR) is 106 cm³/mol. The van der Waals surface area contributed by atoms with Gasteiger partial charge in [0.05, 0.1) is 6.61 Å². The molecule has 1 aromatic carbocycles. The molecule has 1 fully saturated rings. The molecule has 1 aromatic heterocycles. The molecule has 8 nitrogen and oxygen atoms in total. The molecule has 2 aliphatic rings.